The monoisotopic (exact) mass is 368 g/mol. The molecule has 1 aromatic carbocycles. The van der Waals surface area contributed by atoms with Crippen LogP contribution in [0.4, 0.5) is 0 Å². The highest BCUT2D eigenvalue weighted by molar-refractivity contribution is 14.1. The first-order valence-electron chi connectivity index (χ1n) is 3.68. The molecule has 0 amide bonds. The Bertz CT molecular complexity index is 452. The molecule has 0 spiro atoms. The molecule has 1 heterocycles. The Morgan fingerprint density at radius 3 is 2.92 bits per heavy atom. The lowest BCUT2D eigenvalue weighted by Gasteiger charge is -1.99. The Balaban J connectivity index is 2.80. The highest BCUT2D eigenvalue weighted by Gasteiger charge is 2.06. The van der Waals surface area contributed by atoms with E-state index in [-0.39, 0.29) is 6.61 Å². The van der Waals surface area contributed by atoms with Crippen molar-refractivity contribution in [2.45, 2.75) is 6.61 Å². The molecule has 0 aliphatic rings. The van der Waals surface area contributed by atoms with Gasteiger partial charge in [-0.1, -0.05) is 0 Å². The number of rotatable bonds is 1. The number of hydrogen-bond acceptors (Lipinski definition) is 2. The summed E-state index contributed by atoms with van der Waals surface area (Å²) in [6, 6.07) is 4.01. The van der Waals surface area contributed by atoms with Crippen LogP contribution < -0.4 is 0 Å². The van der Waals surface area contributed by atoms with Gasteiger partial charge in [0.15, 0.2) is 0 Å². The maximum absolute atomic E-state index is 9.03. The Morgan fingerprint density at radius 2 is 2.23 bits per heavy atom. The molecule has 13 heavy (non-hydrogen) atoms. The topological polar surface area (TPSA) is 20.2 Å². The minimum absolute atomic E-state index is 0.0977. The minimum atomic E-state index is 0.0977. The minimum Gasteiger partial charge on any atom is -0.392 e. The van der Waals surface area contributed by atoms with Crippen LogP contribution in [-0.2, 0) is 6.61 Å². The summed E-state index contributed by atoms with van der Waals surface area (Å²) in [5.41, 5.74) is 0.954. The van der Waals surface area contributed by atoms with E-state index < -0.39 is 0 Å². The van der Waals surface area contributed by atoms with Crippen LogP contribution in [0, 0.1) is 3.57 Å². The lowest BCUT2D eigenvalue weighted by Crippen LogP contribution is -1.82. The molecular weight excluding hydrogens is 363 g/mol. The molecule has 4 heteroatoms. The number of benzene rings is 1. The normalized spacial score (nSPS) is 11.0. The van der Waals surface area contributed by atoms with Crippen molar-refractivity contribution in [2.75, 3.05) is 0 Å². The smallest absolute Gasteiger partial charge is 0.0682 e. The zero-order valence-electron chi connectivity index (χ0n) is 6.55. The van der Waals surface area contributed by atoms with Gasteiger partial charge >= 0.3 is 0 Å². The third-order valence-corrected chi connectivity index (χ3v) is 5.06. The van der Waals surface area contributed by atoms with E-state index in [0.29, 0.717) is 0 Å². The van der Waals surface area contributed by atoms with Gasteiger partial charge in [-0.15, -0.1) is 11.3 Å². The molecule has 0 saturated heterocycles. The van der Waals surface area contributed by atoms with Crippen molar-refractivity contribution in [3.05, 3.63) is 31.1 Å². The fourth-order valence-corrected chi connectivity index (χ4v) is 3.81. The first-order valence-corrected chi connectivity index (χ1v) is 6.43. The fourth-order valence-electron chi connectivity index (χ4n) is 1.21. The summed E-state index contributed by atoms with van der Waals surface area (Å²) in [6.07, 6.45) is 0. The predicted octanol–water partition coefficient (Wildman–Crippen LogP) is 3.76. The SMILES string of the molecule is OCc1cc(Br)c2scc(I)c2c1. The van der Waals surface area contributed by atoms with Crippen molar-refractivity contribution in [2.24, 2.45) is 0 Å². The summed E-state index contributed by atoms with van der Waals surface area (Å²) in [5, 5.41) is 12.4. The van der Waals surface area contributed by atoms with Crippen LogP contribution >= 0.6 is 49.9 Å². The Kier molecular flexibility index (Phi) is 2.92. The largest absolute Gasteiger partial charge is 0.392 e. The van der Waals surface area contributed by atoms with E-state index in [9.17, 15) is 0 Å². The zero-order valence-corrected chi connectivity index (χ0v) is 11.1. The van der Waals surface area contributed by atoms with E-state index in [1.807, 2.05) is 12.1 Å². The van der Waals surface area contributed by atoms with Crippen molar-refractivity contribution in [3.63, 3.8) is 0 Å². The molecule has 0 bridgehead atoms. The maximum Gasteiger partial charge on any atom is 0.0682 e. The second-order valence-electron chi connectivity index (χ2n) is 2.70. The first kappa shape index (κ1) is 9.89. The summed E-state index contributed by atoms with van der Waals surface area (Å²) in [7, 11) is 0. The molecule has 0 radical (unpaired) electrons. The van der Waals surface area contributed by atoms with E-state index in [4.69, 9.17) is 5.11 Å². The van der Waals surface area contributed by atoms with Gasteiger partial charge in [0, 0.05) is 23.5 Å². The number of halogens is 2. The Hall–Kier alpha value is 0.350. The molecule has 1 nitrogen and oxygen atoms in total. The summed E-state index contributed by atoms with van der Waals surface area (Å²) in [6.45, 7) is 0.0977. The summed E-state index contributed by atoms with van der Waals surface area (Å²) in [4.78, 5) is 0. The van der Waals surface area contributed by atoms with Crippen LogP contribution in [0.1, 0.15) is 5.56 Å². The fraction of sp³-hybridized carbons (Fsp3) is 0.111. The number of hydrogen-bond donors (Lipinski definition) is 1. The molecule has 1 N–H and O–H groups in total. The van der Waals surface area contributed by atoms with Gasteiger partial charge in [0.25, 0.3) is 0 Å². The average molecular weight is 369 g/mol. The van der Waals surface area contributed by atoms with E-state index in [1.165, 1.54) is 13.7 Å². The molecule has 1 aromatic heterocycles. The zero-order chi connectivity index (χ0) is 9.42. The molecule has 2 rings (SSSR count). The van der Waals surface area contributed by atoms with E-state index in [1.54, 1.807) is 11.3 Å². The molecule has 0 atom stereocenters. The highest BCUT2D eigenvalue weighted by atomic mass is 127. The van der Waals surface area contributed by atoms with Gasteiger partial charge < -0.3 is 5.11 Å². The lowest BCUT2D eigenvalue weighted by atomic mass is 10.2. The van der Waals surface area contributed by atoms with Crippen LogP contribution in [0.25, 0.3) is 10.1 Å². The third kappa shape index (κ3) is 1.77. The highest BCUT2D eigenvalue weighted by Crippen LogP contribution is 2.34. The van der Waals surface area contributed by atoms with Crippen molar-refractivity contribution in [1.82, 2.24) is 0 Å². The van der Waals surface area contributed by atoms with E-state index in [2.05, 4.69) is 43.9 Å². The van der Waals surface area contributed by atoms with Crippen molar-refractivity contribution in [3.8, 4) is 0 Å². The number of fused-ring (bicyclic) bond motifs is 1. The third-order valence-electron chi connectivity index (χ3n) is 1.82. The summed E-state index contributed by atoms with van der Waals surface area (Å²) in [5.74, 6) is 0. The first-order chi connectivity index (χ1) is 6.22. The van der Waals surface area contributed by atoms with Crippen molar-refractivity contribution in [1.29, 1.82) is 0 Å². The molecule has 0 aliphatic carbocycles. The van der Waals surface area contributed by atoms with Crippen LogP contribution in [-0.4, -0.2) is 5.11 Å². The average Bonchev–Trinajstić information content (AvgIpc) is 2.48. The quantitative estimate of drug-likeness (QED) is 0.760. The molecule has 68 valence electrons. The standard InChI is InChI=1S/C9H6BrIOS/c10-7-2-5(3-12)1-6-8(11)4-13-9(6)7/h1-2,4,12H,3H2. The summed E-state index contributed by atoms with van der Waals surface area (Å²) < 4.78 is 3.57. The van der Waals surface area contributed by atoms with Crippen molar-refractivity contribution >= 4 is 59.9 Å². The predicted molar refractivity (Wildman–Crippen MR) is 68.2 cm³/mol. The molecule has 0 aliphatic heterocycles. The Labute approximate surface area is 102 Å². The van der Waals surface area contributed by atoms with Gasteiger partial charge in [0.1, 0.15) is 0 Å². The summed E-state index contributed by atoms with van der Waals surface area (Å²) >= 11 is 7.53. The van der Waals surface area contributed by atoms with Gasteiger partial charge in [0.2, 0.25) is 0 Å². The van der Waals surface area contributed by atoms with Crippen LogP contribution in [0.5, 0.6) is 0 Å². The molecule has 0 unspecified atom stereocenters. The second kappa shape index (κ2) is 3.84. The number of thiophene rings is 1. The van der Waals surface area contributed by atoms with Crippen LogP contribution in [0.15, 0.2) is 22.0 Å². The van der Waals surface area contributed by atoms with Gasteiger partial charge in [-0.3, -0.25) is 0 Å². The molecular formula is C9H6BrIOS. The van der Waals surface area contributed by atoms with E-state index in [0.717, 1.165) is 10.0 Å². The van der Waals surface area contributed by atoms with Gasteiger partial charge in [-0.05, 0) is 56.2 Å². The number of aliphatic hydroxyl groups excluding tert-OH is 1. The van der Waals surface area contributed by atoms with Crippen LogP contribution in [0.3, 0.4) is 0 Å². The second-order valence-corrected chi connectivity index (χ2v) is 5.59. The van der Waals surface area contributed by atoms with Gasteiger partial charge in [0.05, 0.1) is 6.61 Å². The molecule has 0 saturated carbocycles. The Morgan fingerprint density at radius 1 is 1.46 bits per heavy atom. The maximum atomic E-state index is 9.03. The van der Waals surface area contributed by atoms with Gasteiger partial charge in [-0.2, -0.15) is 0 Å². The van der Waals surface area contributed by atoms with Crippen LogP contribution in [0.2, 0.25) is 0 Å². The van der Waals surface area contributed by atoms with Gasteiger partial charge in [-0.25, -0.2) is 0 Å². The molecule has 2 aromatic rings. The lowest BCUT2D eigenvalue weighted by molar-refractivity contribution is 0.282. The number of aliphatic hydroxyl groups is 1. The van der Waals surface area contributed by atoms with E-state index >= 15 is 0 Å². The van der Waals surface area contributed by atoms with Crippen molar-refractivity contribution < 1.29 is 5.11 Å². The molecule has 0 fully saturated rings.